The number of esters is 1. The number of nitrogens with zero attached hydrogens (tertiary/aromatic N) is 2. The molecule has 0 aliphatic carbocycles. The fourth-order valence-corrected chi connectivity index (χ4v) is 2.45. The van der Waals surface area contributed by atoms with Crippen LogP contribution in [0.2, 0.25) is 0 Å². The van der Waals surface area contributed by atoms with Crippen LogP contribution < -0.4 is 0 Å². The van der Waals surface area contributed by atoms with E-state index in [0.29, 0.717) is 25.5 Å². The van der Waals surface area contributed by atoms with Crippen LogP contribution >= 0.6 is 0 Å². The van der Waals surface area contributed by atoms with E-state index in [-0.39, 0.29) is 19.2 Å². The molecule has 0 radical (unpaired) electrons. The van der Waals surface area contributed by atoms with E-state index in [4.69, 9.17) is 9.47 Å². The molecular weight excluding hydrogens is 284 g/mol. The van der Waals surface area contributed by atoms with Gasteiger partial charge in [-0.2, -0.15) is 0 Å². The van der Waals surface area contributed by atoms with Crippen LogP contribution in [0.1, 0.15) is 32.1 Å². The summed E-state index contributed by atoms with van der Waals surface area (Å²) in [5.41, 5.74) is 1.58. The summed E-state index contributed by atoms with van der Waals surface area (Å²) < 4.78 is 12.2. The third kappa shape index (κ3) is 3.45. The number of benzene rings is 1. The van der Waals surface area contributed by atoms with Gasteiger partial charge in [-0.1, -0.05) is 19.1 Å². The summed E-state index contributed by atoms with van der Waals surface area (Å²) in [5, 5.41) is 9.54. The highest BCUT2D eigenvalue weighted by Gasteiger charge is 2.25. The minimum atomic E-state index is -0.504. The topological polar surface area (TPSA) is 73.6 Å². The molecule has 0 aliphatic heterocycles. The minimum Gasteiger partial charge on any atom is -0.462 e. The first-order chi connectivity index (χ1) is 10.7. The predicted octanol–water partition coefficient (Wildman–Crippen LogP) is 2.06. The van der Waals surface area contributed by atoms with Gasteiger partial charge in [0.15, 0.2) is 0 Å². The molecule has 1 atom stereocenters. The van der Waals surface area contributed by atoms with Gasteiger partial charge in [0.2, 0.25) is 0 Å². The molecule has 0 saturated heterocycles. The second kappa shape index (κ2) is 7.91. The van der Waals surface area contributed by atoms with Crippen LogP contribution in [0, 0.1) is 0 Å². The van der Waals surface area contributed by atoms with E-state index in [9.17, 15) is 9.90 Å². The lowest BCUT2D eigenvalue weighted by molar-refractivity contribution is -0.149. The van der Waals surface area contributed by atoms with Crippen molar-refractivity contribution in [2.24, 2.45) is 0 Å². The number of rotatable bonds is 8. The first kappa shape index (κ1) is 16.5. The Labute approximate surface area is 129 Å². The molecule has 1 unspecified atom stereocenters. The van der Waals surface area contributed by atoms with Crippen molar-refractivity contribution in [1.29, 1.82) is 0 Å². The number of aliphatic hydroxyl groups excluding tert-OH is 1. The molecule has 120 valence electrons. The number of hydrogen-bond acceptors (Lipinski definition) is 5. The number of hydrogen-bond donors (Lipinski definition) is 1. The molecule has 0 bridgehead atoms. The van der Waals surface area contributed by atoms with E-state index in [1.807, 2.05) is 38.1 Å². The fraction of sp³-hybridized carbons (Fsp3) is 0.500. The molecule has 1 N–H and O–H groups in total. The van der Waals surface area contributed by atoms with Crippen molar-refractivity contribution in [3.8, 4) is 0 Å². The molecule has 22 heavy (non-hydrogen) atoms. The Bertz CT molecular complexity index is 624. The maximum atomic E-state index is 12.3. The van der Waals surface area contributed by atoms with Gasteiger partial charge in [0.05, 0.1) is 17.6 Å². The molecule has 6 nitrogen and oxygen atoms in total. The Kier molecular flexibility index (Phi) is 5.91. The highest BCUT2D eigenvalue weighted by atomic mass is 16.6. The van der Waals surface area contributed by atoms with Gasteiger partial charge < -0.3 is 19.1 Å². The second-order valence-electron chi connectivity index (χ2n) is 4.83. The summed E-state index contributed by atoms with van der Waals surface area (Å²) >= 11 is 0. The molecule has 1 heterocycles. The largest absolute Gasteiger partial charge is 0.462 e. The van der Waals surface area contributed by atoms with Gasteiger partial charge in [-0.05, 0) is 25.5 Å². The lowest BCUT2D eigenvalue weighted by atomic mass is 10.2. The monoisotopic (exact) mass is 306 g/mol. The van der Waals surface area contributed by atoms with Crippen LogP contribution in [0.5, 0.6) is 0 Å². The Morgan fingerprint density at radius 1 is 1.32 bits per heavy atom. The lowest BCUT2D eigenvalue weighted by Crippen LogP contribution is -2.24. The van der Waals surface area contributed by atoms with Crippen molar-refractivity contribution in [1.82, 2.24) is 9.55 Å². The highest BCUT2D eigenvalue weighted by molar-refractivity contribution is 5.81. The molecule has 6 heteroatoms. The van der Waals surface area contributed by atoms with E-state index in [1.54, 1.807) is 4.57 Å². The fourth-order valence-electron chi connectivity index (χ4n) is 2.45. The van der Waals surface area contributed by atoms with E-state index in [2.05, 4.69) is 4.98 Å². The zero-order valence-electron chi connectivity index (χ0n) is 13.0. The number of imidazole rings is 1. The molecule has 2 aromatic rings. The number of ether oxygens (including phenoxy) is 2. The van der Waals surface area contributed by atoms with Crippen molar-refractivity contribution in [3.05, 3.63) is 30.1 Å². The minimum absolute atomic E-state index is 0.225. The molecule has 1 aromatic carbocycles. The summed E-state index contributed by atoms with van der Waals surface area (Å²) in [7, 11) is 0. The lowest BCUT2D eigenvalue weighted by Gasteiger charge is -2.18. The third-order valence-corrected chi connectivity index (χ3v) is 3.46. The Hall–Kier alpha value is -1.92. The maximum Gasteiger partial charge on any atom is 0.329 e. The predicted molar refractivity (Wildman–Crippen MR) is 82.4 cm³/mol. The van der Waals surface area contributed by atoms with Crippen molar-refractivity contribution in [3.63, 3.8) is 0 Å². The molecule has 0 saturated carbocycles. The summed E-state index contributed by atoms with van der Waals surface area (Å²) in [6.45, 7) is 4.78. The standard InChI is InChI=1S/C16H22N2O4/c1-3-13(16(20)22-10-9-21-4-2)18-14-8-6-5-7-12(14)17-15(18)11-19/h5-8,13,19H,3-4,9-11H2,1-2H3. The smallest absolute Gasteiger partial charge is 0.329 e. The van der Waals surface area contributed by atoms with Crippen LogP contribution in [-0.2, 0) is 20.9 Å². The molecule has 0 spiro atoms. The van der Waals surface area contributed by atoms with Crippen LogP contribution in [0.4, 0.5) is 0 Å². The first-order valence-corrected chi connectivity index (χ1v) is 7.54. The van der Waals surface area contributed by atoms with Crippen LogP contribution in [0.25, 0.3) is 11.0 Å². The Balaban J connectivity index is 2.24. The zero-order valence-corrected chi connectivity index (χ0v) is 13.0. The number of carbonyl (C=O) groups excluding carboxylic acids is 1. The van der Waals surface area contributed by atoms with Crippen LogP contribution in [0.3, 0.4) is 0 Å². The number of para-hydroxylation sites is 2. The summed E-state index contributed by atoms with van der Waals surface area (Å²) in [4.78, 5) is 16.7. The summed E-state index contributed by atoms with van der Waals surface area (Å²) in [6.07, 6.45) is 0.556. The van der Waals surface area contributed by atoms with E-state index in [0.717, 1.165) is 11.0 Å². The van der Waals surface area contributed by atoms with Crippen LogP contribution in [0.15, 0.2) is 24.3 Å². The molecule has 0 fully saturated rings. The molecular formula is C16H22N2O4. The van der Waals surface area contributed by atoms with Gasteiger partial charge in [0, 0.05) is 6.61 Å². The highest BCUT2D eigenvalue weighted by Crippen LogP contribution is 2.24. The van der Waals surface area contributed by atoms with Crippen molar-refractivity contribution >= 4 is 17.0 Å². The normalized spacial score (nSPS) is 12.5. The SMILES string of the molecule is CCOCCOC(=O)C(CC)n1c(CO)nc2ccccc21. The average molecular weight is 306 g/mol. The first-order valence-electron chi connectivity index (χ1n) is 7.54. The third-order valence-electron chi connectivity index (χ3n) is 3.46. The zero-order chi connectivity index (χ0) is 15.9. The van der Waals surface area contributed by atoms with Gasteiger partial charge >= 0.3 is 5.97 Å². The van der Waals surface area contributed by atoms with Gasteiger partial charge in [0.25, 0.3) is 0 Å². The quantitative estimate of drug-likeness (QED) is 0.597. The summed E-state index contributed by atoms with van der Waals surface area (Å²) in [6, 6.07) is 7.00. The van der Waals surface area contributed by atoms with Crippen molar-refractivity contribution < 1.29 is 19.4 Å². The second-order valence-corrected chi connectivity index (χ2v) is 4.83. The number of aromatic nitrogens is 2. The van der Waals surface area contributed by atoms with Crippen molar-refractivity contribution in [2.45, 2.75) is 32.9 Å². The van der Waals surface area contributed by atoms with Gasteiger partial charge in [-0.25, -0.2) is 9.78 Å². The van der Waals surface area contributed by atoms with Gasteiger partial charge in [-0.3, -0.25) is 0 Å². The van der Waals surface area contributed by atoms with Gasteiger partial charge in [0.1, 0.15) is 25.1 Å². The summed E-state index contributed by atoms with van der Waals surface area (Å²) in [5.74, 6) is 0.134. The van der Waals surface area contributed by atoms with E-state index in [1.165, 1.54) is 0 Å². The van der Waals surface area contributed by atoms with E-state index < -0.39 is 6.04 Å². The molecule has 1 aromatic heterocycles. The average Bonchev–Trinajstić information content (AvgIpc) is 2.91. The van der Waals surface area contributed by atoms with Crippen LogP contribution in [-0.4, -0.2) is 40.4 Å². The Morgan fingerprint density at radius 2 is 2.09 bits per heavy atom. The molecule has 0 aliphatic rings. The molecule has 2 rings (SSSR count). The van der Waals surface area contributed by atoms with Gasteiger partial charge in [-0.15, -0.1) is 0 Å². The number of fused-ring (bicyclic) bond motifs is 1. The molecule has 0 amide bonds. The Morgan fingerprint density at radius 3 is 2.77 bits per heavy atom. The number of carbonyl (C=O) groups is 1. The van der Waals surface area contributed by atoms with E-state index >= 15 is 0 Å². The number of aliphatic hydroxyl groups is 1. The maximum absolute atomic E-state index is 12.3. The van der Waals surface area contributed by atoms with Crippen molar-refractivity contribution in [2.75, 3.05) is 19.8 Å².